The molecule has 7 heteroatoms. The summed E-state index contributed by atoms with van der Waals surface area (Å²) >= 11 is 6.84. The maximum Gasteiger partial charge on any atom is 0.269 e. The van der Waals surface area contributed by atoms with Crippen LogP contribution >= 0.6 is 31.9 Å². The molecule has 0 bridgehead atoms. The second-order valence-electron chi connectivity index (χ2n) is 4.05. The lowest BCUT2D eigenvalue weighted by Gasteiger charge is -2.06. The van der Waals surface area contributed by atoms with E-state index < -0.39 is 4.92 Å². The summed E-state index contributed by atoms with van der Waals surface area (Å²) in [6.07, 6.45) is 1.68. The molecule has 2 aromatic rings. The summed E-state index contributed by atoms with van der Waals surface area (Å²) in [4.78, 5) is 14.4. The Morgan fingerprint density at radius 1 is 1.19 bits per heavy atom. The van der Waals surface area contributed by atoms with Gasteiger partial charge in [-0.25, -0.2) is 0 Å². The SMILES string of the molecule is COc1c(Br)cc(C=Nc2ccc([N+](=O)[O-])cc2)cc1Br. The van der Waals surface area contributed by atoms with Crippen LogP contribution in [0.2, 0.25) is 0 Å². The zero-order chi connectivity index (χ0) is 15.4. The fourth-order valence-electron chi connectivity index (χ4n) is 1.66. The van der Waals surface area contributed by atoms with Crippen LogP contribution in [-0.2, 0) is 0 Å². The molecule has 0 aliphatic heterocycles. The summed E-state index contributed by atoms with van der Waals surface area (Å²) in [6, 6.07) is 9.79. The van der Waals surface area contributed by atoms with Crippen molar-refractivity contribution in [2.75, 3.05) is 7.11 Å². The smallest absolute Gasteiger partial charge is 0.269 e. The van der Waals surface area contributed by atoms with Gasteiger partial charge in [-0.3, -0.25) is 15.1 Å². The normalized spacial score (nSPS) is 10.8. The zero-order valence-electron chi connectivity index (χ0n) is 10.9. The van der Waals surface area contributed by atoms with Crippen LogP contribution in [0.5, 0.6) is 5.75 Å². The van der Waals surface area contributed by atoms with Crippen molar-refractivity contribution < 1.29 is 9.66 Å². The van der Waals surface area contributed by atoms with E-state index in [1.54, 1.807) is 25.5 Å². The number of nitrogens with zero attached hydrogens (tertiary/aromatic N) is 2. The molecule has 0 N–H and O–H groups in total. The van der Waals surface area contributed by atoms with Crippen LogP contribution < -0.4 is 4.74 Å². The van der Waals surface area contributed by atoms with Gasteiger partial charge in [0.2, 0.25) is 0 Å². The Morgan fingerprint density at radius 2 is 1.76 bits per heavy atom. The minimum atomic E-state index is -0.439. The van der Waals surface area contributed by atoms with Crippen molar-refractivity contribution in [1.82, 2.24) is 0 Å². The predicted octanol–water partition coefficient (Wildman–Crippen LogP) is 4.88. The molecule has 108 valence electrons. The van der Waals surface area contributed by atoms with Gasteiger partial charge in [0.05, 0.1) is 26.7 Å². The number of benzene rings is 2. The number of nitro benzene ring substituents is 1. The maximum absolute atomic E-state index is 10.6. The van der Waals surface area contributed by atoms with Gasteiger partial charge in [0.1, 0.15) is 5.75 Å². The molecule has 0 heterocycles. The average molecular weight is 414 g/mol. The van der Waals surface area contributed by atoms with E-state index in [1.165, 1.54) is 12.1 Å². The van der Waals surface area contributed by atoms with Crippen LogP contribution in [0.4, 0.5) is 11.4 Å². The van der Waals surface area contributed by atoms with E-state index in [0.29, 0.717) is 11.4 Å². The minimum absolute atomic E-state index is 0.0453. The Hall–Kier alpha value is -1.73. The highest BCUT2D eigenvalue weighted by atomic mass is 79.9. The number of non-ortho nitro benzene ring substituents is 1. The first-order valence-corrected chi connectivity index (χ1v) is 7.41. The first-order chi connectivity index (χ1) is 10.0. The molecule has 0 spiro atoms. The van der Waals surface area contributed by atoms with E-state index in [0.717, 1.165) is 14.5 Å². The molecule has 2 aromatic carbocycles. The second-order valence-corrected chi connectivity index (χ2v) is 5.76. The highest BCUT2D eigenvalue weighted by molar-refractivity contribution is 9.11. The van der Waals surface area contributed by atoms with E-state index in [-0.39, 0.29) is 5.69 Å². The van der Waals surface area contributed by atoms with E-state index in [9.17, 15) is 10.1 Å². The first-order valence-electron chi connectivity index (χ1n) is 5.83. The molecule has 0 fully saturated rings. The Labute approximate surface area is 138 Å². The highest BCUT2D eigenvalue weighted by Crippen LogP contribution is 2.34. The maximum atomic E-state index is 10.6. The molecule has 0 saturated heterocycles. The monoisotopic (exact) mass is 412 g/mol. The van der Waals surface area contributed by atoms with Crippen LogP contribution in [0.25, 0.3) is 0 Å². The number of methoxy groups -OCH3 is 1. The Morgan fingerprint density at radius 3 is 2.24 bits per heavy atom. The molecule has 0 atom stereocenters. The fraction of sp³-hybridized carbons (Fsp3) is 0.0714. The van der Waals surface area contributed by atoms with E-state index in [2.05, 4.69) is 36.9 Å². The molecule has 0 aliphatic rings. The number of rotatable bonds is 4. The van der Waals surface area contributed by atoms with Crippen molar-refractivity contribution in [2.24, 2.45) is 4.99 Å². The van der Waals surface area contributed by atoms with Gasteiger partial charge in [-0.2, -0.15) is 0 Å². The topological polar surface area (TPSA) is 64.7 Å². The molecule has 0 amide bonds. The zero-order valence-corrected chi connectivity index (χ0v) is 14.1. The molecule has 21 heavy (non-hydrogen) atoms. The van der Waals surface area contributed by atoms with Crippen LogP contribution in [-0.4, -0.2) is 18.2 Å². The quantitative estimate of drug-likeness (QED) is 0.407. The summed E-state index contributed by atoms with van der Waals surface area (Å²) < 4.78 is 6.85. The lowest BCUT2D eigenvalue weighted by molar-refractivity contribution is -0.384. The van der Waals surface area contributed by atoms with Crippen molar-refractivity contribution in [2.45, 2.75) is 0 Å². The van der Waals surface area contributed by atoms with Gasteiger partial charge in [-0.15, -0.1) is 0 Å². The lowest BCUT2D eigenvalue weighted by atomic mass is 10.2. The first kappa shape index (κ1) is 15.7. The van der Waals surface area contributed by atoms with Crippen LogP contribution in [0.15, 0.2) is 50.3 Å². The summed E-state index contributed by atoms with van der Waals surface area (Å²) in [7, 11) is 1.59. The van der Waals surface area contributed by atoms with Gasteiger partial charge >= 0.3 is 0 Å². The van der Waals surface area contributed by atoms with Crippen LogP contribution in [0, 0.1) is 10.1 Å². The third kappa shape index (κ3) is 3.89. The molecule has 0 saturated carbocycles. The number of hydrogen-bond acceptors (Lipinski definition) is 4. The van der Waals surface area contributed by atoms with Gasteiger partial charge in [-0.1, -0.05) is 0 Å². The standard InChI is InChI=1S/C14H10Br2N2O3/c1-21-14-12(15)6-9(7-13(14)16)8-17-10-2-4-11(5-3-10)18(19)20/h2-8H,1H3. The summed E-state index contributed by atoms with van der Waals surface area (Å²) in [5.41, 5.74) is 1.56. The van der Waals surface area contributed by atoms with Crippen molar-refractivity contribution in [1.29, 1.82) is 0 Å². The van der Waals surface area contributed by atoms with E-state index in [4.69, 9.17) is 4.74 Å². The molecule has 0 radical (unpaired) electrons. The van der Waals surface area contributed by atoms with Gasteiger partial charge in [0, 0.05) is 18.3 Å². The number of halogens is 2. The van der Waals surface area contributed by atoms with E-state index >= 15 is 0 Å². The molecular formula is C14H10Br2N2O3. The number of aliphatic imine (C=N–C) groups is 1. The predicted molar refractivity (Wildman–Crippen MR) is 88.7 cm³/mol. The average Bonchev–Trinajstić information content (AvgIpc) is 2.45. The van der Waals surface area contributed by atoms with Gasteiger partial charge in [0.25, 0.3) is 5.69 Å². The molecular weight excluding hydrogens is 404 g/mol. The third-order valence-electron chi connectivity index (χ3n) is 2.65. The Balaban J connectivity index is 2.23. The molecule has 0 aliphatic carbocycles. The number of nitro groups is 1. The molecule has 5 nitrogen and oxygen atoms in total. The van der Waals surface area contributed by atoms with Crippen molar-refractivity contribution in [3.63, 3.8) is 0 Å². The van der Waals surface area contributed by atoms with Crippen molar-refractivity contribution in [3.05, 3.63) is 61.0 Å². The molecule has 0 unspecified atom stereocenters. The summed E-state index contributed by atoms with van der Waals surface area (Å²) in [6.45, 7) is 0. The number of ether oxygens (including phenoxy) is 1. The molecule has 2 rings (SSSR count). The Kier molecular flexibility index (Phi) is 5.08. The van der Waals surface area contributed by atoms with Gasteiger partial charge < -0.3 is 4.74 Å². The Bertz CT molecular complexity index is 677. The van der Waals surface area contributed by atoms with Crippen LogP contribution in [0.3, 0.4) is 0 Å². The van der Waals surface area contributed by atoms with Crippen molar-refractivity contribution >= 4 is 49.4 Å². The second kappa shape index (κ2) is 6.82. The third-order valence-corrected chi connectivity index (χ3v) is 3.83. The fourth-order valence-corrected chi connectivity index (χ4v) is 3.20. The highest BCUT2D eigenvalue weighted by Gasteiger charge is 2.07. The minimum Gasteiger partial charge on any atom is -0.494 e. The summed E-state index contributed by atoms with van der Waals surface area (Å²) in [5.74, 6) is 0.711. The van der Waals surface area contributed by atoms with Crippen LogP contribution in [0.1, 0.15) is 5.56 Å². The van der Waals surface area contributed by atoms with Gasteiger partial charge in [-0.05, 0) is 61.7 Å². The molecule has 0 aromatic heterocycles. The van der Waals surface area contributed by atoms with E-state index in [1.807, 2.05) is 12.1 Å². The summed E-state index contributed by atoms with van der Waals surface area (Å²) in [5, 5.41) is 10.6. The lowest BCUT2D eigenvalue weighted by Crippen LogP contribution is -1.89. The van der Waals surface area contributed by atoms with Crippen molar-refractivity contribution in [3.8, 4) is 5.75 Å². The number of hydrogen-bond donors (Lipinski definition) is 0. The largest absolute Gasteiger partial charge is 0.494 e. The van der Waals surface area contributed by atoms with Gasteiger partial charge in [0.15, 0.2) is 0 Å².